The van der Waals surface area contributed by atoms with Crippen LogP contribution in [0.4, 0.5) is 17.1 Å². The maximum atomic E-state index is 13.3. The molecule has 1 saturated heterocycles. The van der Waals surface area contributed by atoms with Crippen molar-refractivity contribution in [2.75, 3.05) is 69.0 Å². The molecule has 208 valence electrons. The first-order valence-electron chi connectivity index (χ1n) is 13.8. The molecular formula is C32H32N6O3. The molecule has 0 spiro atoms. The van der Waals surface area contributed by atoms with Gasteiger partial charge in [-0.1, -0.05) is 6.07 Å². The van der Waals surface area contributed by atoms with Gasteiger partial charge in [-0.15, -0.1) is 0 Å². The summed E-state index contributed by atoms with van der Waals surface area (Å²) in [7, 11) is 3.90. The van der Waals surface area contributed by atoms with Gasteiger partial charge in [-0.05, 0) is 72.8 Å². The number of nitrogens with one attached hydrogen (secondary N) is 2. The highest BCUT2D eigenvalue weighted by atomic mass is 16.5. The van der Waals surface area contributed by atoms with E-state index >= 15 is 0 Å². The minimum Gasteiger partial charge on any atom is -0.493 e. The fraction of sp³-hybridized carbons (Fsp3) is 0.281. The van der Waals surface area contributed by atoms with Gasteiger partial charge in [0.1, 0.15) is 5.75 Å². The minimum atomic E-state index is -0.236. The Labute approximate surface area is 239 Å². The summed E-state index contributed by atoms with van der Waals surface area (Å²) in [6, 6.07) is 21.0. The van der Waals surface area contributed by atoms with E-state index in [9.17, 15) is 14.9 Å². The lowest BCUT2D eigenvalue weighted by atomic mass is 9.97. The summed E-state index contributed by atoms with van der Waals surface area (Å²) in [5, 5.41) is 15.7. The number of piperazine rings is 1. The Bertz CT molecular complexity index is 1580. The lowest BCUT2D eigenvalue weighted by molar-refractivity contribution is -0.119. The SMILES string of the molecule is CN1CCN(CC(=O)N(C)c2ccc(NC(=C3C(=O)Nc4cc(C#N)ccc43)c3ccc4c(c3)CCO4)cc2)CC1. The molecular weight excluding hydrogens is 516 g/mol. The number of carbonyl (C=O) groups excluding carboxylic acids is 2. The third-order valence-corrected chi connectivity index (χ3v) is 7.97. The number of nitriles is 1. The summed E-state index contributed by atoms with van der Waals surface area (Å²) in [5.74, 6) is 0.677. The Hall–Kier alpha value is -4.65. The first kappa shape index (κ1) is 26.6. The van der Waals surface area contributed by atoms with Crippen molar-refractivity contribution in [1.29, 1.82) is 5.26 Å². The van der Waals surface area contributed by atoms with E-state index in [1.807, 2.05) is 42.5 Å². The Morgan fingerprint density at radius 1 is 1.07 bits per heavy atom. The van der Waals surface area contributed by atoms with Crippen molar-refractivity contribution in [2.24, 2.45) is 0 Å². The Morgan fingerprint density at radius 2 is 1.85 bits per heavy atom. The van der Waals surface area contributed by atoms with Crippen molar-refractivity contribution in [1.82, 2.24) is 9.80 Å². The van der Waals surface area contributed by atoms with Gasteiger partial charge in [0.25, 0.3) is 5.91 Å². The summed E-state index contributed by atoms with van der Waals surface area (Å²) in [6.07, 6.45) is 0.809. The van der Waals surface area contributed by atoms with Crippen LogP contribution in [0.25, 0.3) is 11.3 Å². The summed E-state index contributed by atoms with van der Waals surface area (Å²) in [4.78, 5) is 32.4. The first-order valence-corrected chi connectivity index (χ1v) is 13.8. The molecule has 3 aliphatic rings. The zero-order valence-electron chi connectivity index (χ0n) is 23.2. The number of nitrogens with zero attached hydrogens (tertiary/aromatic N) is 4. The molecule has 1 fully saturated rings. The number of amides is 2. The molecule has 0 saturated carbocycles. The summed E-state index contributed by atoms with van der Waals surface area (Å²) < 4.78 is 5.70. The van der Waals surface area contributed by atoms with E-state index in [1.54, 1.807) is 24.1 Å². The van der Waals surface area contributed by atoms with Crippen LogP contribution >= 0.6 is 0 Å². The van der Waals surface area contributed by atoms with Crippen LogP contribution in [0.15, 0.2) is 60.7 Å². The van der Waals surface area contributed by atoms with Crippen molar-refractivity contribution in [3.05, 3.63) is 82.9 Å². The number of likely N-dealkylation sites (N-methyl/N-ethyl adjacent to an activating group) is 2. The highest BCUT2D eigenvalue weighted by molar-refractivity contribution is 6.37. The van der Waals surface area contributed by atoms with Crippen LogP contribution in [0.3, 0.4) is 0 Å². The number of carbonyl (C=O) groups is 2. The van der Waals surface area contributed by atoms with Crippen LogP contribution < -0.4 is 20.3 Å². The van der Waals surface area contributed by atoms with Gasteiger partial charge in [0.2, 0.25) is 5.91 Å². The molecule has 0 bridgehead atoms. The highest BCUT2D eigenvalue weighted by Gasteiger charge is 2.29. The number of hydrogen-bond acceptors (Lipinski definition) is 7. The topological polar surface area (TPSA) is 101 Å². The predicted molar refractivity (Wildman–Crippen MR) is 160 cm³/mol. The molecule has 3 aromatic rings. The Balaban J connectivity index is 1.29. The highest BCUT2D eigenvalue weighted by Crippen LogP contribution is 2.39. The van der Waals surface area contributed by atoms with Crippen LogP contribution in [0.2, 0.25) is 0 Å². The summed E-state index contributed by atoms with van der Waals surface area (Å²) in [5.41, 5.74) is 6.53. The number of fused-ring (bicyclic) bond motifs is 2. The van der Waals surface area contributed by atoms with Crippen molar-refractivity contribution in [2.45, 2.75) is 6.42 Å². The first-order chi connectivity index (χ1) is 19.9. The maximum absolute atomic E-state index is 13.3. The van der Waals surface area contributed by atoms with Gasteiger partial charge < -0.3 is 25.2 Å². The average Bonchev–Trinajstić information content (AvgIpc) is 3.59. The fourth-order valence-electron chi connectivity index (χ4n) is 5.47. The predicted octanol–water partition coefficient (Wildman–Crippen LogP) is 3.64. The maximum Gasteiger partial charge on any atom is 0.258 e. The Morgan fingerprint density at radius 3 is 2.61 bits per heavy atom. The largest absolute Gasteiger partial charge is 0.493 e. The zero-order chi connectivity index (χ0) is 28.5. The Kier molecular flexibility index (Phi) is 7.18. The quantitative estimate of drug-likeness (QED) is 0.454. The monoisotopic (exact) mass is 548 g/mol. The lowest BCUT2D eigenvalue weighted by Crippen LogP contribution is -2.48. The van der Waals surface area contributed by atoms with Gasteiger partial charge in [-0.25, -0.2) is 0 Å². The number of anilines is 3. The number of ether oxygens (including phenoxy) is 1. The molecule has 2 N–H and O–H groups in total. The van der Waals surface area contributed by atoms with E-state index in [4.69, 9.17) is 4.74 Å². The van der Waals surface area contributed by atoms with Crippen LogP contribution in [0, 0.1) is 11.3 Å². The van der Waals surface area contributed by atoms with Crippen LogP contribution in [-0.4, -0.2) is 75.0 Å². The van der Waals surface area contributed by atoms with Crippen molar-refractivity contribution in [3.63, 3.8) is 0 Å². The van der Waals surface area contributed by atoms with E-state index in [2.05, 4.69) is 39.6 Å². The molecule has 41 heavy (non-hydrogen) atoms. The van der Waals surface area contributed by atoms with Gasteiger partial charge in [0.05, 0.1) is 41.7 Å². The molecule has 0 atom stereocenters. The van der Waals surface area contributed by atoms with Crippen LogP contribution in [0.5, 0.6) is 5.75 Å². The molecule has 3 aromatic carbocycles. The molecule has 0 unspecified atom stereocenters. The number of benzene rings is 3. The minimum absolute atomic E-state index is 0.0504. The fourth-order valence-corrected chi connectivity index (χ4v) is 5.47. The second-order valence-electron chi connectivity index (χ2n) is 10.7. The number of rotatable bonds is 6. The molecule has 2 amide bonds. The standard InChI is InChI=1S/C32H32N6O3/c1-36-12-14-38(15-13-36)20-29(39)37(2)25-7-5-24(6-8-25)34-31(23-4-10-28-22(18-23)11-16-41-28)30-26-9-3-21(19-33)17-27(26)35-32(30)40/h3-10,17-18,34H,11-16,20H2,1-2H3,(H,35,40). The second kappa shape index (κ2) is 11.1. The lowest BCUT2D eigenvalue weighted by Gasteiger charge is -2.32. The van der Waals surface area contributed by atoms with Crippen LogP contribution in [-0.2, 0) is 16.0 Å². The van der Waals surface area contributed by atoms with E-state index in [0.29, 0.717) is 35.7 Å². The summed E-state index contributed by atoms with van der Waals surface area (Å²) in [6.45, 7) is 4.74. The molecule has 3 aliphatic heterocycles. The van der Waals surface area contributed by atoms with Crippen molar-refractivity contribution < 1.29 is 14.3 Å². The van der Waals surface area contributed by atoms with E-state index in [0.717, 1.165) is 66.4 Å². The van der Waals surface area contributed by atoms with Gasteiger partial charge in [-0.3, -0.25) is 14.5 Å². The second-order valence-corrected chi connectivity index (χ2v) is 10.7. The molecule has 9 nitrogen and oxygen atoms in total. The third kappa shape index (κ3) is 5.40. The number of hydrogen-bond donors (Lipinski definition) is 2. The van der Waals surface area contributed by atoms with E-state index < -0.39 is 0 Å². The van der Waals surface area contributed by atoms with E-state index in [-0.39, 0.29) is 11.8 Å². The average molecular weight is 549 g/mol. The molecule has 6 rings (SSSR count). The van der Waals surface area contributed by atoms with Gasteiger partial charge in [-0.2, -0.15) is 5.26 Å². The normalized spacial score (nSPS) is 17.6. The molecule has 9 heteroatoms. The smallest absolute Gasteiger partial charge is 0.258 e. The molecule has 0 aliphatic carbocycles. The molecule has 0 radical (unpaired) electrons. The molecule has 3 heterocycles. The van der Waals surface area contributed by atoms with Gasteiger partial charge in [0.15, 0.2) is 0 Å². The third-order valence-electron chi connectivity index (χ3n) is 7.97. The van der Waals surface area contributed by atoms with Gasteiger partial charge in [0, 0.05) is 56.6 Å². The van der Waals surface area contributed by atoms with Crippen LogP contribution in [0.1, 0.15) is 22.3 Å². The van der Waals surface area contributed by atoms with Crippen molar-refractivity contribution >= 4 is 40.1 Å². The van der Waals surface area contributed by atoms with Gasteiger partial charge >= 0.3 is 0 Å². The zero-order valence-corrected chi connectivity index (χ0v) is 23.2. The van der Waals surface area contributed by atoms with E-state index in [1.165, 1.54) is 0 Å². The summed E-state index contributed by atoms with van der Waals surface area (Å²) >= 11 is 0. The molecule has 0 aromatic heterocycles. The van der Waals surface area contributed by atoms with Crippen molar-refractivity contribution in [3.8, 4) is 11.8 Å².